The summed E-state index contributed by atoms with van der Waals surface area (Å²) in [6, 6.07) is 27.8. The molecule has 0 saturated carbocycles. The molecule has 2 atom stereocenters. The summed E-state index contributed by atoms with van der Waals surface area (Å²) >= 11 is 0. The SMILES string of the molecule is CC(=O)Oc1ccc(C2=Cc3ccc(C)cc3OC2C#CC2Cc3cc(OC(C)=O)ccc3C=C2c2ccc(C)cc2)cc1. The van der Waals surface area contributed by atoms with Crippen molar-refractivity contribution in [3.8, 4) is 29.1 Å². The average molecular weight is 581 g/mol. The van der Waals surface area contributed by atoms with Crippen molar-refractivity contribution in [3.63, 3.8) is 0 Å². The van der Waals surface area contributed by atoms with E-state index in [1.54, 1.807) is 12.1 Å². The molecule has 1 heterocycles. The third kappa shape index (κ3) is 6.35. The Balaban J connectivity index is 1.40. The van der Waals surface area contributed by atoms with Crippen LogP contribution in [0.15, 0.2) is 84.9 Å². The first-order chi connectivity index (χ1) is 21.2. The van der Waals surface area contributed by atoms with Gasteiger partial charge in [0, 0.05) is 25.0 Å². The predicted octanol–water partition coefficient (Wildman–Crippen LogP) is 7.87. The number of fused-ring (bicyclic) bond motifs is 2. The maximum atomic E-state index is 11.6. The second-order valence-electron chi connectivity index (χ2n) is 11.2. The van der Waals surface area contributed by atoms with Crippen LogP contribution in [-0.2, 0) is 16.0 Å². The third-order valence-corrected chi connectivity index (χ3v) is 7.72. The fourth-order valence-electron chi connectivity index (χ4n) is 5.58. The molecule has 1 aliphatic carbocycles. The molecule has 2 aliphatic rings. The number of ether oxygens (including phenoxy) is 3. The topological polar surface area (TPSA) is 61.8 Å². The summed E-state index contributed by atoms with van der Waals surface area (Å²) < 4.78 is 17.2. The quantitative estimate of drug-likeness (QED) is 0.140. The van der Waals surface area contributed by atoms with Crippen LogP contribution in [0.1, 0.15) is 52.8 Å². The van der Waals surface area contributed by atoms with E-state index in [2.05, 4.69) is 67.3 Å². The minimum absolute atomic E-state index is 0.118. The van der Waals surface area contributed by atoms with Crippen LogP contribution in [0, 0.1) is 31.6 Å². The normalized spacial score (nSPS) is 16.5. The van der Waals surface area contributed by atoms with E-state index in [9.17, 15) is 9.59 Å². The Labute approximate surface area is 257 Å². The van der Waals surface area contributed by atoms with Gasteiger partial charge in [-0.3, -0.25) is 9.59 Å². The monoisotopic (exact) mass is 580 g/mol. The number of aryl methyl sites for hydroxylation is 2. The Bertz CT molecular complexity index is 1880. The highest BCUT2D eigenvalue weighted by molar-refractivity contribution is 5.90. The molecular weight excluding hydrogens is 548 g/mol. The third-order valence-electron chi connectivity index (χ3n) is 7.72. The van der Waals surface area contributed by atoms with Crippen molar-refractivity contribution in [3.05, 3.63) is 124 Å². The van der Waals surface area contributed by atoms with Crippen LogP contribution < -0.4 is 14.2 Å². The molecule has 2 unspecified atom stereocenters. The number of esters is 2. The lowest BCUT2D eigenvalue weighted by Crippen LogP contribution is -2.21. The van der Waals surface area contributed by atoms with Gasteiger partial charge in [-0.15, -0.1) is 0 Å². The Morgan fingerprint density at radius 2 is 1.27 bits per heavy atom. The van der Waals surface area contributed by atoms with E-state index in [-0.39, 0.29) is 17.9 Å². The molecule has 5 nitrogen and oxygen atoms in total. The van der Waals surface area contributed by atoms with Gasteiger partial charge in [0.1, 0.15) is 17.2 Å². The van der Waals surface area contributed by atoms with Gasteiger partial charge in [-0.2, -0.15) is 0 Å². The molecule has 1 aliphatic heterocycles. The molecule has 0 aromatic heterocycles. The molecule has 4 aromatic rings. The van der Waals surface area contributed by atoms with E-state index in [0.717, 1.165) is 50.3 Å². The number of carbonyl (C=O) groups excluding carboxylic acids is 2. The fourth-order valence-corrected chi connectivity index (χ4v) is 5.58. The average Bonchev–Trinajstić information content (AvgIpc) is 2.99. The molecule has 0 bridgehead atoms. The Morgan fingerprint density at radius 3 is 2.00 bits per heavy atom. The van der Waals surface area contributed by atoms with Gasteiger partial charge in [-0.25, -0.2) is 0 Å². The maximum Gasteiger partial charge on any atom is 0.308 e. The first-order valence-corrected chi connectivity index (χ1v) is 14.6. The number of allylic oxidation sites excluding steroid dienone is 1. The van der Waals surface area contributed by atoms with Gasteiger partial charge in [0.25, 0.3) is 0 Å². The van der Waals surface area contributed by atoms with E-state index >= 15 is 0 Å². The zero-order chi connectivity index (χ0) is 30.8. The van der Waals surface area contributed by atoms with Crippen molar-refractivity contribution in [2.24, 2.45) is 5.92 Å². The first kappa shape index (κ1) is 28.8. The van der Waals surface area contributed by atoms with Crippen LogP contribution in [0.4, 0.5) is 0 Å². The number of hydrogen-bond acceptors (Lipinski definition) is 5. The minimum atomic E-state index is -0.517. The summed E-state index contributed by atoms with van der Waals surface area (Å²) in [5.41, 5.74) is 9.55. The molecule has 5 heteroatoms. The lowest BCUT2D eigenvalue weighted by molar-refractivity contribution is -0.132. The largest absolute Gasteiger partial charge is 0.472 e. The maximum absolute atomic E-state index is 11.6. The highest BCUT2D eigenvalue weighted by atomic mass is 16.5. The van der Waals surface area contributed by atoms with Crippen molar-refractivity contribution < 1.29 is 23.8 Å². The summed E-state index contributed by atoms with van der Waals surface area (Å²) in [6.45, 7) is 6.91. The smallest absolute Gasteiger partial charge is 0.308 e. The molecule has 0 amide bonds. The van der Waals surface area contributed by atoms with Crippen molar-refractivity contribution in [1.29, 1.82) is 0 Å². The zero-order valence-corrected chi connectivity index (χ0v) is 25.1. The van der Waals surface area contributed by atoms with Crippen LogP contribution in [0.3, 0.4) is 0 Å². The van der Waals surface area contributed by atoms with Gasteiger partial charge in [-0.05, 0) is 96.1 Å². The molecule has 0 radical (unpaired) electrons. The summed E-state index contributed by atoms with van der Waals surface area (Å²) in [4.78, 5) is 23.1. The fraction of sp³-hybridized carbons (Fsp3) is 0.179. The molecule has 218 valence electrons. The molecule has 44 heavy (non-hydrogen) atoms. The first-order valence-electron chi connectivity index (χ1n) is 14.6. The zero-order valence-electron chi connectivity index (χ0n) is 25.1. The Hall–Kier alpha value is -5.34. The predicted molar refractivity (Wildman–Crippen MR) is 173 cm³/mol. The van der Waals surface area contributed by atoms with Crippen LogP contribution in [-0.4, -0.2) is 18.0 Å². The van der Waals surface area contributed by atoms with Gasteiger partial charge >= 0.3 is 11.9 Å². The van der Waals surface area contributed by atoms with E-state index in [1.165, 1.54) is 19.4 Å². The van der Waals surface area contributed by atoms with Gasteiger partial charge in [0.15, 0.2) is 6.10 Å². The van der Waals surface area contributed by atoms with E-state index in [0.29, 0.717) is 17.9 Å². The highest BCUT2D eigenvalue weighted by Crippen LogP contribution is 2.38. The van der Waals surface area contributed by atoms with E-state index in [4.69, 9.17) is 14.2 Å². The van der Waals surface area contributed by atoms with Crippen LogP contribution in [0.5, 0.6) is 17.2 Å². The van der Waals surface area contributed by atoms with Gasteiger partial charge in [-0.1, -0.05) is 72.0 Å². The Morgan fingerprint density at radius 1 is 0.682 bits per heavy atom. The summed E-state index contributed by atoms with van der Waals surface area (Å²) in [7, 11) is 0. The van der Waals surface area contributed by atoms with Gasteiger partial charge in [0.2, 0.25) is 0 Å². The molecule has 0 N–H and O–H groups in total. The van der Waals surface area contributed by atoms with Gasteiger partial charge in [0.05, 0.1) is 5.92 Å². The summed E-state index contributed by atoms with van der Waals surface area (Å²) in [5.74, 6) is 8.03. The number of benzene rings is 4. The molecule has 0 saturated heterocycles. The van der Waals surface area contributed by atoms with Crippen LogP contribution in [0.25, 0.3) is 23.3 Å². The van der Waals surface area contributed by atoms with Crippen molar-refractivity contribution in [2.75, 3.05) is 0 Å². The molecule has 0 spiro atoms. The number of rotatable bonds is 4. The second kappa shape index (κ2) is 12.1. The molecule has 4 aromatic carbocycles. The van der Waals surface area contributed by atoms with E-state index < -0.39 is 6.10 Å². The minimum Gasteiger partial charge on any atom is -0.472 e. The second-order valence-corrected chi connectivity index (χ2v) is 11.2. The van der Waals surface area contributed by atoms with Crippen LogP contribution >= 0.6 is 0 Å². The lowest BCUT2D eigenvalue weighted by atomic mass is 9.80. The summed E-state index contributed by atoms with van der Waals surface area (Å²) in [6.07, 6.45) is 4.45. The van der Waals surface area contributed by atoms with Crippen LogP contribution in [0.2, 0.25) is 0 Å². The lowest BCUT2D eigenvalue weighted by Gasteiger charge is -2.26. The number of carbonyl (C=O) groups is 2. The molecule has 6 rings (SSSR count). The number of hydrogen-bond donors (Lipinski definition) is 0. The Kier molecular flexibility index (Phi) is 7.91. The van der Waals surface area contributed by atoms with Crippen molar-refractivity contribution in [1.82, 2.24) is 0 Å². The molecular formula is C39H32O5. The summed E-state index contributed by atoms with van der Waals surface area (Å²) in [5, 5.41) is 0. The standard InChI is InChI=1S/C39H32O5/c1-24-5-8-28(9-6-24)36-22-30-13-17-35(43-27(4)41)21-33(30)20-31(36)14-18-38-37(23-32-10-7-25(2)19-39(32)44-38)29-11-15-34(16-12-29)42-26(3)40/h5-13,15-17,19,21-23,31,38H,20H2,1-4H3. The molecule has 0 fully saturated rings. The van der Waals surface area contributed by atoms with Crippen molar-refractivity contribution >= 4 is 35.2 Å². The van der Waals surface area contributed by atoms with Gasteiger partial charge < -0.3 is 14.2 Å². The highest BCUT2D eigenvalue weighted by Gasteiger charge is 2.25. The van der Waals surface area contributed by atoms with E-state index in [1.807, 2.05) is 43.3 Å². The van der Waals surface area contributed by atoms with Crippen molar-refractivity contribution in [2.45, 2.75) is 40.2 Å².